The Hall–Kier alpha value is -1.10. The van der Waals surface area contributed by atoms with Crippen molar-refractivity contribution in [2.24, 2.45) is 17.8 Å². The average molecular weight is 376 g/mol. The lowest BCUT2D eigenvalue weighted by Crippen LogP contribution is -2.58. The molecule has 1 heterocycles. The molecule has 0 aromatic heterocycles. The van der Waals surface area contributed by atoms with Crippen molar-refractivity contribution in [2.75, 3.05) is 32.7 Å². The molecule has 0 aromatic rings. The predicted octanol–water partition coefficient (Wildman–Crippen LogP) is 2.80. The summed E-state index contributed by atoms with van der Waals surface area (Å²) in [6.45, 7) is 4.18. The fourth-order valence-electron chi connectivity index (χ4n) is 5.50. The van der Waals surface area contributed by atoms with Gasteiger partial charge in [-0.25, -0.2) is 0 Å². The molecule has 4 rings (SSSR count). The number of hydrogen-bond donors (Lipinski definition) is 1. The van der Waals surface area contributed by atoms with E-state index in [4.69, 9.17) is 0 Å². The first-order valence-corrected chi connectivity index (χ1v) is 11.5. The van der Waals surface area contributed by atoms with E-state index in [1.54, 1.807) is 0 Å². The number of carbonyl (C=O) groups is 2. The van der Waals surface area contributed by atoms with Crippen LogP contribution in [0.1, 0.15) is 70.6 Å². The second-order valence-corrected chi connectivity index (χ2v) is 9.37. The molecule has 1 N–H and O–H groups in total. The van der Waals surface area contributed by atoms with Gasteiger partial charge in [-0.2, -0.15) is 0 Å². The Morgan fingerprint density at radius 1 is 0.815 bits per heavy atom. The first-order valence-electron chi connectivity index (χ1n) is 11.5. The maximum atomic E-state index is 13.2. The van der Waals surface area contributed by atoms with Crippen LogP contribution in [0.3, 0.4) is 0 Å². The Morgan fingerprint density at radius 3 is 2.07 bits per heavy atom. The van der Waals surface area contributed by atoms with E-state index in [9.17, 15) is 9.59 Å². The molecular formula is C22H37N3O2. The molecule has 0 spiro atoms. The van der Waals surface area contributed by atoms with Crippen LogP contribution in [-0.4, -0.2) is 60.4 Å². The minimum Gasteiger partial charge on any atom is -0.354 e. The highest BCUT2D eigenvalue weighted by molar-refractivity contribution is 5.83. The molecule has 5 nitrogen and oxygen atoms in total. The van der Waals surface area contributed by atoms with Crippen molar-refractivity contribution in [1.29, 1.82) is 0 Å². The highest BCUT2D eigenvalue weighted by atomic mass is 16.2. The molecule has 3 saturated carbocycles. The number of amides is 2. The Balaban J connectivity index is 1.32. The molecule has 2 amide bonds. The van der Waals surface area contributed by atoms with Crippen LogP contribution in [0, 0.1) is 17.8 Å². The van der Waals surface area contributed by atoms with Crippen LogP contribution < -0.4 is 5.32 Å². The molecule has 27 heavy (non-hydrogen) atoms. The van der Waals surface area contributed by atoms with Crippen LogP contribution >= 0.6 is 0 Å². The van der Waals surface area contributed by atoms with E-state index in [-0.39, 0.29) is 11.9 Å². The van der Waals surface area contributed by atoms with Crippen molar-refractivity contribution in [3.63, 3.8) is 0 Å². The zero-order valence-electron chi connectivity index (χ0n) is 16.8. The summed E-state index contributed by atoms with van der Waals surface area (Å²) in [5.74, 6) is 2.10. The third kappa shape index (κ3) is 4.85. The summed E-state index contributed by atoms with van der Waals surface area (Å²) in [6, 6.07) is 0.0225. The first-order chi connectivity index (χ1) is 13.2. The predicted molar refractivity (Wildman–Crippen MR) is 106 cm³/mol. The van der Waals surface area contributed by atoms with Crippen LogP contribution in [0.4, 0.5) is 0 Å². The SMILES string of the molecule is O=C(NCC1CCCCC1)[C@@H](C1CCCC1)N1CCN(C(=O)C2CC2)CC1. The second kappa shape index (κ2) is 8.93. The van der Waals surface area contributed by atoms with E-state index < -0.39 is 0 Å². The molecule has 1 aliphatic heterocycles. The molecule has 0 aromatic carbocycles. The molecule has 4 aliphatic rings. The van der Waals surface area contributed by atoms with Crippen molar-refractivity contribution in [1.82, 2.24) is 15.1 Å². The monoisotopic (exact) mass is 375 g/mol. The van der Waals surface area contributed by atoms with Gasteiger partial charge in [0, 0.05) is 38.6 Å². The molecule has 1 saturated heterocycles. The van der Waals surface area contributed by atoms with Crippen LogP contribution in [0.5, 0.6) is 0 Å². The summed E-state index contributed by atoms with van der Waals surface area (Å²) in [7, 11) is 0. The van der Waals surface area contributed by atoms with Gasteiger partial charge in [-0.15, -0.1) is 0 Å². The van der Waals surface area contributed by atoms with Crippen molar-refractivity contribution in [3.05, 3.63) is 0 Å². The van der Waals surface area contributed by atoms with E-state index in [0.29, 0.717) is 23.7 Å². The largest absolute Gasteiger partial charge is 0.354 e. The summed E-state index contributed by atoms with van der Waals surface area (Å²) in [5.41, 5.74) is 0. The first kappa shape index (κ1) is 19.2. The maximum absolute atomic E-state index is 13.2. The standard InChI is InChI=1S/C22H37N3O2/c26-21(23-16-17-6-2-1-3-7-17)20(18-8-4-5-9-18)24-12-14-25(15-13-24)22(27)19-10-11-19/h17-20H,1-16H2,(H,23,26)/t20-/m1/s1. The fraction of sp³-hybridized carbons (Fsp3) is 0.909. The number of carbonyl (C=O) groups excluding carboxylic acids is 2. The molecule has 0 radical (unpaired) electrons. The van der Waals surface area contributed by atoms with Crippen molar-refractivity contribution in [3.8, 4) is 0 Å². The van der Waals surface area contributed by atoms with Crippen LogP contribution in [0.15, 0.2) is 0 Å². The number of piperazine rings is 1. The number of nitrogens with zero attached hydrogens (tertiary/aromatic N) is 2. The molecular weight excluding hydrogens is 338 g/mol. The van der Waals surface area contributed by atoms with E-state index in [1.165, 1.54) is 57.8 Å². The Bertz CT molecular complexity index is 514. The van der Waals surface area contributed by atoms with Gasteiger partial charge >= 0.3 is 0 Å². The summed E-state index contributed by atoms with van der Waals surface area (Å²) >= 11 is 0. The highest BCUT2D eigenvalue weighted by Gasteiger charge is 2.39. The fourth-order valence-corrected chi connectivity index (χ4v) is 5.50. The molecule has 5 heteroatoms. The molecule has 4 fully saturated rings. The third-order valence-electron chi connectivity index (χ3n) is 7.35. The molecule has 1 atom stereocenters. The lowest BCUT2D eigenvalue weighted by molar-refractivity contribution is -0.136. The summed E-state index contributed by atoms with van der Waals surface area (Å²) < 4.78 is 0. The minimum atomic E-state index is 0.0225. The van der Waals surface area contributed by atoms with E-state index in [0.717, 1.165) is 45.6 Å². The number of rotatable bonds is 6. The van der Waals surface area contributed by atoms with Crippen LogP contribution in [0.25, 0.3) is 0 Å². The van der Waals surface area contributed by atoms with Gasteiger partial charge in [0.2, 0.25) is 11.8 Å². The Morgan fingerprint density at radius 2 is 1.44 bits per heavy atom. The van der Waals surface area contributed by atoms with Gasteiger partial charge in [0.05, 0.1) is 6.04 Å². The topological polar surface area (TPSA) is 52.7 Å². The normalized spacial score (nSPS) is 26.9. The van der Waals surface area contributed by atoms with Gasteiger partial charge in [0.15, 0.2) is 0 Å². The summed E-state index contributed by atoms with van der Waals surface area (Å²) in [6.07, 6.45) is 13.6. The van der Waals surface area contributed by atoms with E-state index in [2.05, 4.69) is 10.2 Å². The molecule has 3 aliphatic carbocycles. The zero-order chi connectivity index (χ0) is 18.6. The number of hydrogen-bond acceptors (Lipinski definition) is 3. The van der Waals surface area contributed by atoms with Gasteiger partial charge in [-0.1, -0.05) is 32.1 Å². The van der Waals surface area contributed by atoms with Gasteiger partial charge in [-0.3, -0.25) is 14.5 Å². The zero-order valence-corrected chi connectivity index (χ0v) is 16.8. The van der Waals surface area contributed by atoms with Crippen LogP contribution in [0.2, 0.25) is 0 Å². The number of nitrogens with one attached hydrogen (secondary N) is 1. The molecule has 0 bridgehead atoms. The summed E-state index contributed by atoms with van der Waals surface area (Å²) in [5, 5.41) is 3.33. The van der Waals surface area contributed by atoms with Crippen molar-refractivity contribution < 1.29 is 9.59 Å². The average Bonchev–Trinajstić information content (AvgIpc) is 3.43. The van der Waals surface area contributed by atoms with Crippen LogP contribution in [-0.2, 0) is 9.59 Å². The van der Waals surface area contributed by atoms with E-state index >= 15 is 0 Å². The van der Waals surface area contributed by atoms with Gasteiger partial charge in [0.1, 0.15) is 0 Å². The minimum absolute atomic E-state index is 0.0225. The Labute approximate surface area is 164 Å². The molecule has 0 unspecified atom stereocenters. The Kier molecular flexibility index (Phi) is 6.36. The molecule has 152 valence electrons. The van der Waals surface area contributed by atoms with Gasteiger partial charge in [0.25, 0.3) is 0 Å². The smallest absolute Gasteiger partial charge is 0.237 e. The maximum Gasteiger partial charge on any atom is 0.237 e. The second-order valence-electron chi connectivity index (χ2n) is 9.37. The van der Waals surface area contributed by atoms with Crippen molar-refractivity contribution in [2.45, 2.75) is 76.7 Å². The quantitative estimate of drug-likeness (QED) is 0.777. The third-order valence-corrected chi connectivity index (χ3v) is 7.35. The van der Waals surface area contributed by atoms with Gasteiger partial charge < -0.3 is 10.2 Å². The lowest BCUT2D eigenvalue weighted by Gasteiger charge is -2.41. The highest BCUT2D eigenvalue weighted by Crippen LogP contribution is 2.33. The van der Waals surface area contributed by atoms with Crippen molar-refractivity contribution >= 4 is 11.8 Å². The van der Waals surface area contributed by atoms with Gasteiger partial charge in [-0.05, 0) is 50.4 Å². The van der Waals surface area contributed by atoms with E-state index in [1.807, 2.05) is 4.90 Å². The summed E-state index contributed by atoms with van der Waals surface area (Å²) in [4.78, 5) is 29.9. The lowest BCUT2D eigenvalue weighted by atomic mass is 9.89.